The highest BCUT2D eigenvalue weighted by molar-refractivity contribution is 5.76. The molecule has 1 heterocycles. The number of hydrogen-bond acceptors (Lipinski definition) is 3. The van der Waals surface area contributed by atoms with E-state index < -0.39 is 0 Å². The summed E-state index contributed by atoms with van der Waals surface area (Å²) in [4.78, 5) is 11.7. The quantitative estimate of drug-likeness (QED) is 0.653. The summed E-state index contributed by atoms with van der Waals surface area (Å²) in [5.41, 5.74) is -0.376. The van der Waals surface area contributed by atoms with E-state index in [-0.39, 0.29) is 17.6 Å². The molecule has 0 radical (unpaired) electrons. The molecule has 14 heavy (non-hydrogen) atoms. The van der Waals surface area contributed by atoms with E-state index in [4.69, 9.17) is 4.74 Å². The van der Waals surface area contributed by atoms with Gasteiger partial charge in [0.15, 0.2) is 0 Å². The standard InChI is InChI=1S/C11H21NO2/c1-8-5-6-12-9(7-8)10(13)14-11(2,3)4/h8-9,12H,5-7H2,1-4H3/t8?,9-/m1/s1. The first-order valence-corrected chi connectivity index (χ1v) is 5.35. The maximum absolute atomic E-state index is 11.7. The Morgan fingerprint density at radius 2 is 2.07 bits per heavy atom. The molecule has 0 amide bonds. The summed E-state index contributed by atoms with van der Waals surface area (Å²) in [6, 6.07) is -0.0991. The van der Waals surface area contributed by atoms with Gasteiger partial charge < -0.3 is 10.1 Å². The van der Waals surface area contributed by atoms with Gasteiger partial charge in [-0.05, 0) is 46.1 Å². The Morgan fingerprint density at radius 1 is 1.43 bits per heavy atom. The molecule has 1 rings (SSSR count). The van der Waals surface area contributed by atoms with Gasteiger partial charge in [-0.25, -0.2) is 0 Å². The average molecular weight is 199 g/mol. The molecule has 1 unspecified atom stereocenters. The Balaban J connectivity index is 2.44. The maximum Gasteiger partial charge on any atom is 0.323 e. The molecule has 0 saturated carbocycles. The van der Waals surface area contributed by atoms with E-state index in [2.05, 4.69) is 12.2 Å². The van der Waals surface area contributed by atoms with Gasteiger partial charge in [0.25, 0.3) is 0 Å². The predicted octanol–water partition coefficient (Wildman–Crippen LogP) is 1.72. The third-order valence-electron chi connectivity index (χ3n) is 2.36. The lowest BCUT2D eigenvalue weighted by atomic mass is 9.94. The third-order valence-corrected chi connectivity index (χ3v) is 2.36. The first kappa shape index (κ1) is 11.5. The van der Waals surface area contributed by atoms with Crippen molar-refractivity contribution in [1.29, 1.82) is 0 Å². The normalized spacial score (nSPS) is 28.6. The van der Waals surface area contributed by atoms with Gasteiger partial charge in [-0.15, -0.1) is 0 Å². The second-order valence-corrected chi connectivity index (χ2v) is 5.17. The van der Waals surface area contributed by atoms with E-state index in [9.17, 15) is 4.79 Å². The van der Waals surface area contributed by atoms with Crippen LogP contribution in [0.15, 0.2) is 0 Å². The van der Waals surface area contributed by atoms with E-state index in [0.29, 0.717) is 5.92 Å². The fraction of sp³-hybridized carbons (Fsp3) is 0.909. The van der Waals surface area contributed by atoms with Crippen molar-refractivity contribution in [1.82, 2.24) is 5.32 Å². The van der Waals surface area contributed by atoms with Crippen LogP contribution in [0.2, 0.25) is 0 Å². The zero-order valence-electron chi connectivity index (χ0n) is 9.59. The smallest absolute Gasteiger partial charge is 0.323 e. The van der Waals surface area contributed by atoms with E-state index in [0.717, 1.165) is 19.4 Å². The SMILES string of the molecule is CC1CCN[C@@H](C(=O)OC(C)(C)C)C1. The van der Waals surface area contributed by atoms with Gasteiger partial charge in [0.05, 0.1) is 0 Å². The Kier molecular flexibility index (Phi) is 3.53. The fourth-order valence-electron chi connectivity index (χ4n) is 1.66. The summed E-state index contributed by atoms with van der Waals surface area (Å²) >= 11 is 0. The molecule has 82 valence electrons. The molecule has 2 atom stereocenters. The van der Waals surface area contributed by atoms with Crippen molar-refractivity contribution in [3.05, 3.63) is 0 Å². The maximum atomic E-state index is 11.7. The number of piperidine rings is 1. The number of ether oxygens (including phenoxy) is 1. The van der Waals surface area contributed by atoms with Gasteiger partial charge in [-0.2, -0.15) is 0 Å². The summed E-state index contributed by atoms with van der Waals surface area (Å²) < 4.78 is 5.32. The lowest BCUT2D eigenvalue weighted by Crippen LogP contribution is -2.45. The number of hydrogen-bond donors (Lipinski definition) is 1. The molecule has 1 aliphatic heterocycles. The topological polar surface area (TPSA) is 38.3 Å². The van der Waals surface area contributed by atoms with Crippen LogP contribution in [-0.2, 0) is 9.53 Å². The van der Waals surface area contributed by atoms with Crippen molar-refractivity contribution in [2.24, 2.45) is 5.92 Å². The van der Waals surface area contributed by atoms with Crippen molar-refractivity contribution in [2.45, 2.75) is 52.2 Å². The van der Waals surface area contributed by atoms with Gasteiger partial charge in [0.2, 0.25) is 0 Å². The van der Waals surface area contributed by atoms with Crippen LogP contribution in [0.3, 0.4) is 0 Å². The highest BCUT2D eigenvalue weighted by Crippen LogP contribution is 2.18. The van der Waals surface area contributed by atoms with Crippen LogP contribution in [-0.4, -0.2) is 24.2 Å². The summed E-state index contributed by atoms with van der Waals surface area (Å²) in [7, 11) is 0. The fourth-order valence-corrected chi connectivity index (χ4v) is 1.66. The number of carbonyl (C=O) groups is 1. The Hall–Kier alpha value is -0.570. The Bertz CT molecular complexity index is 208. The zero-order valence-corrected chi connectivity index (χ0v) is 9.59. The molecule has 3 nitrogen and oxygen atoms in total. The third kappa shape index (κ3) is 3.66. The minimum Gasteiger partial charge on any atom is -0.459 e. The van der Waals surface area contributed by atoms with Gasteiger partial charge >= 0.3 is 5.97 Å². The lowest BCUT2D eigenvalue weighted by Gasteiger charge is -2.29. The zero-order chi connectivity index (χ0) is 10.8. The summed E-state index contributed by atoms with van der Waals surface area (Å²) in [5.74, 6) is 0.512. The summed E-state index contributed by atoms with van der Waals surface area (Å²) in [6.45, 7) is 8.80. The molecule has 1 fully saturated rings. The van der Waals surface area contributed by atoms with Crippen LogP contribution in [0.1, 0.15) is 40.5 Å². The van der Waals surface area contributed by atoms with Gasteiger partial charge in [0.1, 0.15) is 11.6 Å². The first-order valence-electron chi connectivity index (χ1n) is 5.35. The lowest BCUT2D eigenvalue weighted by molar-refractivity contribution is -0.158. The van der Waals surface area contributed by atoms with E-state index in [1.54, 1.807) is 0 Å². The van der Waals surface area contributed by atoms with Crippen molar-refractivity contribution < 1.29 is 9.53 Å². The second kappa shape index (κ2) is 4.30. The highest BCUT2D eigenvalue weighted by Gasteiger charge is 2.28. The molecule has 0 aromatic rings. The molecule has 0 aliphatic carbocycles. The monoisotopic (exact) mass is 199 g/mol. The molecule has 3 heteroatoms. The van der Waals surface area contributed by atoms with Crippen LogP contribution >= 0.6 is 0 Å². The molecule has 0 aromatic carbocycles. The second-order valence-electron chi connectivity index (χ2n) is 5.17. The molecular weight excluding hydrogens is 178 g/mol. The van der Waals surface area contributed by atoms with Crippen LogP contribution in [0.5, 0.6) is 0 Å². The average Bonchev–Trinajstić information content (AvgIpc) is 2.01. The van der Waals surface area contributed by atoms with E-state index in [1.165, 1.54) is 0 Å². The van der Waals surface area contributed by atoms with Crippen LogP contribution in [0, 0.1) is 5.92 Å². The van der Waals surface area contributed by atoms with Crippen molar-refractivity contribution in [3.63, 3.8) is 0 Å². The van der Waals surface area contributed by atoms with Crippen molar-refractivity contribution in [3.8, 4) is 0 Å². The van der Waals surface area contributed by atoms with Crippen LogP contribution in [0.25, 0.3) is 0 Å². The Labute approximate surface area is 86.2 Å². The van der Waals surface area contributed by atoms with Crippen molar-refractivity contribution >= 4 is 5.97 Å². The predicted molar refractivity (Wildman–Crippen MR) is 56.0 cm³/mol. The van der Waals surface area contributed by atoms with Crippen LogP contribution in [0.4, 0.5) is 0 Å². The van der Waals surface area contributed by atoms with Gasteiger partial charge in [-0.3, -0.25) is 4.79 Å². The van der Waals surface area contributed by atoms with Crippen molar-refractivity contribution in [2.75, 3.05) is 6.54 Å². The molecule has 0 spiro atoms. The number of nitrogens with one attached hydrogen (secondary N) is 1. The molecule has 0 aromatic heterocycles. The molecule has 0 bridgehead atoms. The summed E-state index contributed by atoms with van der Waals surface area (Å²) in [5, 5.41) is 3.20. The largest absolute Gasteiger partial charge is 0.459 e. The Morgan fingerprint density at radius 3 is 2.57 bits per heavy atom. The minimum atomic E-state index is -0.376. The first-order chi connectivity index (χ1) is 6.38. The van der Waals surface area contributed by atoms with Gasteiger partial charge in [-0.1, -0.05) is 6.92 Å². The minimum absolute atomic E-state index is 0.0991. The number of carbonyl (C=O) groups excluding carboxylic acids is 1. The molecule has 1 N–H and O–H groups in total. The molecular formula is C11H21NO2. The number of rotatable bonds is 1. The summed E-state index contributed by atoms with van der Waals surface area (Å²) in [6.07, 6.45) is 2.05. The molecule has 1 aliphatic rings. The number of esters is 1. The van der Waals surface area contributed by atoms with E-state index >= 15 is 0 Å². The highest BCUT2D eigenvalue weighted by atomic mass is 16.6. The van der Waals surface area contributed by atoms with Crippen LogP contribution < -0.4 is 5.32 Å². The van der Waals surface area contributed by atoms with E-state index in [1.807, 2.05) is 20.8 Å². The molecule has 1 saturated heterocycles. The van der Waals surface area contributed by atoms with Gasteiger partial charge in [0, 0.05) is 0 Å².